The first-order valence-corrected chi connectivity index (χ1v) is 19.8. The zero-order chi connectivity index (χ0) is 38.6. The SMILES string of the molecule is CC(C)(C)OC(=O)N1CCCC(C(=O)c2cc(Cl)nc(N3CCN(S(=O)(=O)c4ccc(N5C[C@H](NC(=O)OCc6ccccc6)CC5=O)cc4)CC3)c2)C1. The second kappa shape index (κ2) is 16.3. The number of amides is 3. The molecule has 288 valence electrons. The van der Waals surface area contributed by atoms with Crippen molar-refractivity contribution in [3.05, 3.63) is 83.0 Å². The van der Waals surface area contributed by atoms with E-state index in [-0.39, 0.29) is 60.9 Å². The Morgan fingerprint density at radius 3 is 2.33 bits per heavy atom. The Kier molecular flexibility index (Phi) is 11.8. The number of benzene rings is 2. The standard InChI is InChI=1S/C38H45ClN6O8S/c1-38(2,3)53-37(49)43-15-7-10-27(23-43)35(47)28-20-32(39)41-33(21-28)42-16-18-44(19-17-42)54(50,51)31-13-11-30(12-14-31)45-24-29(22-34(45)46)40-36(48)52-25-26-8-5-4-6-9-26/h4-6,8-9,11-14,20-21,27,29H,7,10,15-19,22-25H2,1-3H3,(H,40,48)/t27?,29-/m1/s1. The number of likely N-dealkylation sites (tertiary alicyclic amines) is 1. The summed E-state index contributed by atoms with van der Waals surface area (Å²) < 4.78 is 39.5. The summed E-state index contributed by atoms with van der Waals surface area (Å²) in [6.07, 6.45) is 0.328. The largest absolute Gasteiger partial charge is 0.445 e. The summed E-state index contributed by atoms with van der Waals surface area (Å²) in [5.41, 5.74) is 1.11. The number of Topliss-reactive ketones (excluding diaryl/α,β-unsaturated/α-hetero) is 1. The maximum absolute atomic E-state index is 13.6. The highest BCUT2D eigenvalue weighted by molar-refractivity contribution is 7.89. The lowest BCUT2D eigenvalue weighted by Gasteiger charge is -2.35. The number of sulfonamides is 1. The zero-order valence-electron chi connectivity index (χ0n) is 30.6. The number of piperidine rings is 1. The Morgan fingerprint density at radius 1 is 0.944 bits per heavy atom. The molecule has 0 aliphatic carbocycles. The molecule has 0 spiro atoms. The van der Waals surface area contributed by atoms with Gasteiger partial charge in [-0.1, -0.05) is 41.9 Å². The van der Waals surface area contributed by atoms with Crippen LogP contribution in [0.15, 0.2) is 71.6 Å². The number of aromatic nitrogens is 1. The summed E-state index contributed by atoms with van der Waals surface area (Å²) >= 11 is 6.39. The van der Waals surface area contributed by atoms with Gasteiger partial charge in [0.15, 0.2) is 5.78 Å². The van der Waals surface area contributed by atoms with E-state index in [0.717, 1.165) is 5.56 Å². The number of hydrogen-bond acceptors (Lipinski definition) is 10. The third kappa shape index (κ3) is 9.49. The number of anilines is 2. The maximum Gasteiger partial charge on any atom is 0.410 e. The van der Waals surface area contributed by atoms with E-state index in [9.17, 15) is 27.6 Å². The molecule has 14 nitrogen and oxygen atoms in total. The number of carbonyl (C=O) groups is 4. The molecule has 16 heteroatoms. The first kappa shape index (κ1) is 39.0. The minimum Gasteiger partial charge on any atom is -0.445 e. The molecule has 0 radical (unpaired) electrons. The number of carbonyl (C=O) groups excluding carboxylic acids is 4. The van der Waals surface area contributed by atoms with E-state index in [2.05, 4.69) is 10.3 Å². The van der Waals surface area contributed by atoms with Gasteiger partial charge in [0.2, 0.25) is 15.9 Å². The van der Waals surface area contributed by atoms with Gasteiger partial charge in [-0.25, -0.2) is 23.0 Å². The summed E-state index contributed by atoms with van der Waals surface area (Å²) in [7, 11) is -3.86. The molecule has 3 saturated heterocycles. The van der Waals surface area contributed by atoms with E-state index in [1.807, 2.05) is 35.2 Å². The molecule has 1 N–H and O–H groups in total. The number of alkyl carbamates (subject to hydrolysis) is 1. The van der Waals surface area contributed by atoms with Gasteiger partial charge >= 0.3 is 12.2 Å². The summed E-state index contributed by atoms with van der Waals surface area (Å²) in [4.78, 5) is 60.9. The quantitative estimate of drug-likeness (QED) is 0.229. The van der Waals surface area contributed by atoms with Gasteiger partial charge in [0.1, 0.15) is 23.2 Å². The molecule has 3 fully saturated rings. The van der Waals surface area contributed by atoms with Crippen molar-refractivity contribution in [1.82, 2.24) is 19.5 Å². The molecule has 1 aromatic heterocycles. The zero-order valence-corrected chi connectivity index (χ0v) is 32.1. The number of nitrogens with zero attached hydrogens (tertiary/aromatic N) is 5. The monoisotopic (exact) mass is 780 g/mol. The summed E-state index contributed by atoms with van der Waals surface area (Å²) in [6, 6.07) is 18.1. The fraction of sp³-hybridized carbons (Fsp3) is 0.447. The van der Waals surface area contributed by atoms with Crippen LogP contribution >= 0.6 is 11.6 Å². The van der Waals surface area contributed by atoms with E-state index >= 15 is 0 Å². The van der Waals surface area contributed by atoms with Gasteiger partial charge in [0.05, 0.1) is 10.9 Å². The van der Waals surface area contributed by atoms with E-state index in [0.29, 0.717) is 49.5 Å². The van der Waals surface area contributed by atoms with E-state index in [4.69, 9.17) is 21.1 Å². The molecule has 1 unspecified atom stereocenters. The molecule has 4 heterocycles. The molecule has 2 atom stereocenters. The molecule has 0 saturated carbocycles. The van der Waals surface area contributed by atoms with Crippen molar-refractivity contribution in [3.8, 4) is 0 Å². The van der Waals surface area contributed by atoms with Crippen LogP contribution in [0.4, 0.5) is 21.1 Å². The maximum atomic E-state index is 13.6. The first-order valence-electron chi connectivity index (χ1n) is 18.0. The number of halogens is 1. The van der Waals surface area contributed by atoms with Crippen molar-refractivity contribution in [2.45, 2.75) is 63.2 Å². The van der Waals surface area contributed by atoms with Crippen LogP contribution in [0.5, 0.6) is 0 Å². The van der Waals surface area contributed by atoms with Gasteiger partial charge in [-0.15, -0.1) is 0 Å². The highest BCUT2D eigenvalue weighted by Crippen LogP contribution is 2.29. The lowest BCUT2D eigenvalue weighted by atomic mass is 9.90. The van der Waals surface area contributed by atoms with E-state index < -0.39 is 39.8 Å². The van der Waals surface area contributed by atoms with Crippen LogP contribution in [0.25, 0.3) is 0 Å². The van der Waals surface area contributed by atoms with Crippen LogP contribution in [0.1, 0.15) is 56.0 Å². The molecule has 3 aromatic rings. The van der Waals surface area contributed by atoms with Crippen molar-refractivity contribution in [2.24, 2.45) is 5.92 Å². The number of ketones is 1. The van der Waals surface area contributed by atoms with Crippen LogP contribution in [0.2, 0.25) is 5.15 Å². The highest BCUT2D eigenvalue weighted by Gasteiger charge is 2.35. The van der Waals surface area contributed by atoms with Crippen LogP contribution in [0, 0.1) is 5.92 Å². The number of nitrogens with one attached hydrogen (secondary N) is 1. The number of hydrogen-bond donors (Lipinski definition) is 1. The Labute approximate surface area is 320 Å². The Bertz CT molecular complexity index is 1970. The Hall–Kier alpha value is -4.73. The predicted octanol–water partition coefficient (Wildman–Crippen LogP) is 5.11. The summed E-state index contributed by atoms with van der Waals surface area (Å²) in [5, 5.41) is 2.88. The highest BCUT2D eigenvalue weighted by atomic mass is 35.5. The minimum atomic E-state index is -3.86. The van der Waals surface area contributed by atoms with E-state index in [1.54, 1.807) is 43.9 Å². The first-order chi connectivity index (χ1) is 25.7. The average Bonchev–Trinajstić information content (AvgIpc) is 3.52. The van der Waals surface area contributed by atoms with Crippen molar-refractivity contribution in [3.63, 3.8) is 0 Å². The third-order valence-corrected chi connectivity index (χ3v) is 11.6. The molecule has 3 aliphatic rings. The van der Waals surface area contributed by atoms with Crippen LogP contribution in [0.3, 0.4) is 0 Å². The molecule has 6 rings (SSSR count). The van der Waals surface area contributed by atoms with Crippen LogP contribution in [-0.2, 0) is 30.9 Å². The second-order valence-corrected chi connectivity index (χ2v) is 17.0. The predicted molar refractivity (Wildman–Crippen MR) is 202 cm³/mol. The summed E-state index contributed by atoms with van der Waals surface area (Å²) in [5.74, 6) is -0.278. The Morgan fingerprint density at radius 2 is 1.65 bits per heavy atom. The number of pyridine rings is 1. The number of piperazine rings is 1. The fourth-order valence-corrected chi connectivity index (χ4v) is 8.42. The van der Waals surface area contributed by atoms with Crippen molar-refractivity contribution < 1.29 is 37.1 Å². The lowest BCUT2D eigenvalue weighted by molar-refractivity contribution is -0.117. The molecular formula is C38H45ClN6O8S. The van der Waals surface area contributed by atoms with Gasteiger partial charge in [-0.05, 0) is 75.6 Å². The number of ether oxygens (including phenoxy) is 2. The normalized spacial score (nSPS) is 19.8. The van der Waals surface area contributed by atoms with Crippen LogP contribution < -0.4 is 15.1 Å². The number of rotatable bonds is 9. The summed E-state index contributed by atoms with van der Waals surface area (Å²) in [6.45, 7) is 7.49. The van der Waals surface area contributed by atoms with Crippen molar-refractivity contribution in [2.75, 3.05) is 55.6 Å². The Balaban J connectivity index is 1.02. The molecule has 3 amide bonds. The second-order valence-electron chi connectivity index (χ2n) is 14.7. The smallest absolute Gasteiger partial charge is 0.410 e. The van der Waals surface area contributed by atoms with Crippen molar-refractivity contribution in [1.29, 1.82) is 0 Å². The molecule has 2 aromatic carbocycles. The topological polar surface area (TPSA) is 159 Å². The third-order valence-electron chi connectivity index (χ3n) is 9.52. The van der Waals surface area contributed by atoms with Gasteiger partial charge in [-0.3, -0.25) is 9.59 Å². The van der Waals surface area contributed by atoms with Gasteiger partial charge < -0.3 is 29.5 Å². The van der Waals surface area contributed by atoms with Gasteiger partial charge in [-0.2, -0.15) is 4.31 Å². The molecule has 3 aliphatic heterocycles. The molecule has 0 bridgehead atoms. The fourth-order valence-electron chi connectivity index (χ4n) is 6.80. The van der Waals surface area contributed by atoms with E-state index in [1.165, 1.54) is 27.4 Å². The molecule has 54 heavy (non-hydrogen) atoms. The van der Waals surface area contributed by atoms with Gasteiger partial charge in [0.25, 0.3) is 0 Å². The lowest BCUT2D eigenvalue weighted by Crippen LogP contribution is -2.49. The minimum absolute atomic E-state index is 0.0900. The average molecular weight is 781 g/mol. The molecular weight excluding hydrogens is 736 g/mol. The van der Waals surface area contributed by atoms with Crippen molar-refractivity contribution >= 4 is 57.0 Å². The van der Waals surface area contributed by atoms with Crippen LogP contribution in [-0.4, -0.2) is 104 Å². The van der Waals surface area contributed by atoms with Gasteiger partial charge in [0, 0.05) is 69.4 Å².